The molecule has 0 spiro atoms. The van der Waals surface area contributed by atoms with Crippen LogP contribution in [-0.4, -0.2) is 101 Å². The molecule has 7 amide bonds. The SMILES string of the molecule is C#CC[C@@H]1NC(=O)[C@H](Cc2c[nH]c3ccccc23)NC(=O)[C@@H](CC2CCCCC2)NC(=O)[C@@H]2CCCN2C(=O)[C@@H](NC(=O)[C@H](Cc2ccccc2)NC(C)=O)CCCNC1=O. The predicted molar refractivity (Wildman–Crippen MR) is 229 cm³/mol. The fraction of sp³-hybridized carbons (Fsp3) is 0.500. The molecule has 0 bridgehead atoms. The number of carbonyl (C=O) groups is 7. The Morgan fingerprint density at radius 3 is 2.26 bits per heavy atom. The quantitative estimate of drug-likeness (QED) is 0.152. The third kappa shape index (κ3) is 12.0. The Bertz CT molecular complexity index is 2090. The summed E-state index contributed by atoms with van der Waals surface area (Å²) in [6.45, 7) is 1.63. The van der Waals surface area contributed by atoms with Crippen LogP contribution < -0.4 is 31.9 Å². The number of nitrogens with one attached hydrogen (secondary N) is 7. The molecule has 0 unspecified atom stereocenters. The highest BCUT2D eigenvalue weighted by molar-refractivity contribution is 5.98. The largest absolute Gasteiger partial charge is 0.361 e. The summed E-state index contributed by atoms with van der Waals surface area (Å²) in [5.74, 6) is -1.08. The van der Waals surface area contributed by atoms with E-state index in [1.165, 1.54) is 11.8 Å². The van der Waals surface area contributed by atoms with E-state index in [2.05, 4.69) is 42.8 Å². The highest BCUT2D eigenvalue weighted by atomic mass is 16.2. The average molecular weight is 835 g/mol. The summed E-state index contributed by atoms with van der Waals surface area (Å²) in [7, 11) is 0. The van der Waals surface area contributed by atoms with Crippen molar-refractivity contribution in [3.05, 3.63) is 71.9 Å². The first-order chi connectivity index (χ1) is 29.5. The molecule has 3 fully saturated rings. The van der Waals surface area contributed by atoms with Gasteiger partial charge in [0.15, 0.2) is 0 Å². The second-order valence-electron chi connectivity index (χ2n) is 16.5. The van der Waals surface area contributed by atoms with Crippen molar-refractivity contribution in [1.29, 1.82) is 0 Å². The van der Waals surface area contributed by atoms with Crippen LogP contribution >= 0.6 is 0 Å². The van der Waals surface area contributed by atoms with Crippen LogP contribution in [0.3, 0.4) is 0 Å². The normalized spacial score (nSPS) is 24.2. The predicted octanol–water partition coefficient (Wildman–Crippen LogP) is 2.29. The first kappa shape index (κ1) is 44.4. The molecule has 1 aromatic heterocycles. The molecule has 3 heterocycles. The van der Waals surface area contributed by atoms with E-state index < -0.39 is 77.6 Å². The summed E-state index contributed by atoms with van der Waals surface area (Å²) >= 11 is 0. The number of benzene rings is 2. The molecule has 61 heavy (non-hydrogen) atoms. The summed E-state index contributed by atoms with van der Waals surface area (Å²) in [5.41, 5.74) is 2.43. The molecule has 3 aromatic rings. The van der Waals surface area contributed by atoms with Crippen LogP contribution in [0.1, 0.15) is 88.7 Å². The van der Waals surface area contributed by atoms with E-state index in [1.807, 2.05) is 54.6 Å². The van der Waals surface area contributed by atoms with Gasteiger partial charge in [0.1, 0.15) is 36.3 Å². The Hall–Kier alpha value is -6.17. The van der Waals surface area contributed by atoms with Gasteiger partial charge in [0.25, 0.3) is 0 Å². The molecule has 15 heteroatoms. The van der Waals surface area contributed by atoms with Crippen LogP contribution in [0.15, 0.2) is 60.8 Å². The first-order valence-electron chi connectivity index (χ1n) is 21.6. The molecule has 2 saturated heterocycles. The number of aromatic nitrogens is 1. The Labute approximate surface area is 356 Å². The molecule has 0 radical (unpaired) electrons. The van der Waals surface area contributed by atoms with Crippen molar-refractivity contribution in [2.24, 2.45) is 5.92 Å². The van der Waals surface area contributed by atoms with Gasteiger partial charge in [0, 0.05) is 56.4 Å². The van der Waals surface area contributed by atoms with E-state index in [1.54, 1.807) is 6.20 Å². The Kier molecular flexibility index (Phi) is 15.6. The van der Waals surface area contributed by atoms with Crippen LogP contribution in [0.2, 0.25) is 0 Å². The topological polar surface area (TPSA) is 211 Å². The standard InChI is InChI=1S/C46H58N8O7/c1-3-14-35-41(56)47-23-12-21-36(51-42(57)37(49-29(2)55)25-30-15-6-4-7-16-30)46(61)54-24-13-22-40(54)45(60)53-38(26-31-17-8-5-9-18-31)43(58)52-39(44(59)50-35)27-32-28-48-34-20-11-10-19-33(32)34/h1,4,6-7,10-11,15-16,19-20,28,31,35-40,48H,5,8-9,12-14,17-18,21-27H2,2H3,(H,47,56)(H,49,55)(H,50,59)(H,51,57)(H,52,58)(H,53,60)/t35-,36-,37-,38+,39-,40-/m0/s1. The van der Waals surface area contributed by atoms with Crippen molar-refractivity contribution in [2.45, 2.75) is 127 Å². The molecule has 324 valence electrons. The Morgan fingerprint density at radius 1 is 0.803 bits per heavy atom. The van der Waals surface area contributed by atoms with Crippen molar-refractivity contribution in [1.82, 2.24) is 41.8 Å². The molecule has 6 rings (SSSR count). The number of rotatable bonds is 10. The summed E-state index contributed by atoms with van der Waals surface area (Å²) in [6.07, 6.45) is 14.0. The minimum atomic E-state index is -1.14. The van der Waals surface area contributed by atoms with Crippen molar-refractivity contribution >= 4 is 52.3 Å². The van der Waals surface area contributed by atoms with Gasteiger partial charge in [-0.2, -0.15) is 0 Å². The van der Waals surface area contributed by atoms with Gasteiger partial charge in [0.05, 0.1) is 0 Å². The number of terminal acetylenes is 1. The highest BCUT2D eigenvalue weighted by Crippen LogP contribution is 2.28. The fourth-order valence-corrected chi connectivity index (χ4v) is 8.84. The van der Waals surface area contributed by atoms with Gasteiger partial charge in [-0.15, -0.1) is 12.3 Å². The first-order valence-corrected chi connectivity index (χ1v) is 21.6. The number of hydrogen-bond donors (Lipinski definition) is 7. The van der Waals surface area contributed by atoms with E-state index in [9.17, 15) is 33.6 Å². The number of fused-ring (bicyclic) bond motifs is 2. The van der Waals surface area contributed by atoms with Gasteiger partial charge < -0.3 is 41.8 Å². The third-order valence-electron chi connectivity index (χ3n) is 12.0. The molecule has 1 aliphatic carbocycles. The maximum absolute atomic E-state index is 14.5. The maximum Gasteiger partial charge on any atom is 0.245 e. The Morgan fingerprint density at radius 2 is 1.51 bits per heavy atom. The second kappa shape index (κ2) is 21.4. The lowest BCUT2D eigenvalue weighted by atomic mass is 9.84. The van der Waals surface area contributed by atoms with Crippen LogP contribution in [0.25, 0.3) is 10.9 Å². The second-order valence-corrected chi connectivity index (χ2v) is 16.5. The lowest BCUT2D eigenvalue weighted by Gasteiger charge is -2.32. The highest BCUT2D eigenvalue weighted by Gasteiger charge is 2.40. The van der Waals surface area contributed by atoms with Crippen LogP contribution in [0.4, 0.5) is 0 Å². The zero-order chi connectivity index (χ0) is 43.3. The fourth-order valence-electron chi connectivity index (χ4n) is 8.84. The van der Waals surface area contributed by atoms with Gasteiger partial charge in [-0.05, 0) is 55.2 Å². The molecule has 6 atom stereocenters. The zero-order valence-corrected chi connectivity index (χ0v) is 34.8. The summed E-state index contributed by atoms with van der Waals surface area (Å²) in [4.78, 5) is 102. The number of nitrogens with zero attached hydrogens (tertiary/aromatic N) is 1. The molecule has 2 aromatic carbocycles. The molecule has 7 N–H and O–H groups in total. The molecule has 1 saturated carbocycles. The minimum Gasteiger partial charge on any atom is -0.361 e. The molecular weight excluding hydrogens is 777 g/mol. The van der Waals surface area contributed by atoms with Crippen LogP contribution in [0, 0.1) is 18.3 Å². The molecule has 2 aliphatic heterocycles. The monoisotopic (exact) mass is 834 g/mol. The number of para-hydroxylation sites is 1. The van der Waals surface area contributed by atoms with Gasteiger partial charge in [-0.25, -0.2) is 0 Å². The third-order valence-corrected chi connectivity index (χ3v) is 12.0. The number of hydrogen-bond acceptors (Lipinski definition) is 7. The Balaban J connectivity index is 1.30. The van der Waals surface area contributed by atoms with Crippen molar-refractivity contribution in [3.8, 4) is 12.3 Å². The number of aromatic amines is 1. The number of carbonyl (C=O) groups excluding carboxylic acids is 7. The van der Waals surface area contributed by atoms with Gasteiger partial charge in [0.2, 0.25) is 41.4 Å². The van der Waals surface area contributed by atoms with E-state index in [4.69, 9.17) is 6.42 Å². The van der Waals surface area contributed by atoms with Crippen molar-refractivity contribution < 1.29 is 33.6 Å². The lowest BCUT2D eigenvalue weighted by Crippen LogP contribution is -2.60. The van der Waals surface area contributed by atoms with Crippen LogP contribution in [-0.2, 0) is 46.4 Å². The number of amides is 7. The molecule has 15 nitrogen and oxygen atoms in total. The van der Waals surface area contributed by atoms with Crippen molar-refractivity contribution in [3.63, 3.8) is 0 Å². The minimum absolute atomic E-state index is 0.0663. The van der Waals surface area contributed by atoms with E-state index in [-0.39, 0.29) is 51.1 Å². The summed E-state index contributed by atoms with van der Waals surface area (Å²) < 4.78 is 0. The molecule has 3 aliphatic rings. The lowest BCUT2D eigenvalue weighted by molar-refractivity contribution is -0.142. The maximum atomic E-state index is 14.5. The van der Waals surface area contributed by atoms with Gasteiger partial charge in [-0.1, -0.05) is 80.6 Å². The summed E-state index contributed by atoms with van der Waals surface area (Å²) in [6, 6.07) is 10.4. The van der Waals surface area contributed by atoms with Crippen LogP contribution in [0.5, 0.6) is 0 Å². The van der Waals surface area contributed by atoms with E-state index in [0.29, 0.717) is 19.3 Å². The smallest absolute Gasteiger partial charge is 0.245 e. The summed E-state index contributed by atoms with van der Waals surface area (Å²) in [5, 5.41) is 17.9. The van der Waals surface area contributed by atoms with Crippen molar-refractivity contribution in [2.75, 3.05) is 13.1 Å². The van der Waals surface area contributed by atoms with Gasteiger partial charge >= 0.3 is 0 Å². The van der Waals surface area contributed by atoms with E-state index in [0.717, 1.165) is 54.1 Å². The average Bonchev–Trinajstić information content (AvgIpc) is 3.92. The van der Waals surface area contributed by atoms with E-state index >= 15 is 0 Å². The zero-order valence-electron chi connectivity index (χ0n) is 34.8. The molecular formula is C46H58N8O7. The number of H-pyrrole nitrogens is 1. The van der Waals surface area contributed by atoms with Gasteiger partial charge in [-0.3, -0.25) is 33.6 Å².